The highest BCUT2D eigenvalue weighted by atomic mass is 16.3. The van der Waals surface area contributed by atoms with Crippen molar-refractivity contribution in [1.29, 1.82) is 0 Å². The average Bonchev–Trinajstić information content (AvgIpc) is 2.61. The molecule has 0 amide bonds. The third kappa shape index (κ3) is 2.02. The first-order valence-corrected chi connectivity index (χ1v) is 8.56. The number of aliphatic hydroxyl groups is 1. The van der Waals surface area contributed by atoms with Crippen LogP contribution in [0.4, 0.5) is 0 Å². The predicted molar refractivity (Wildman–Crippen MR) is 91.8 cm³/mol. The summed E-state index contributed by atoms with van der Waals surface area (Å²) >= 11 is 0. The van der Waals surface area contributed by atoms with Crippen molar-refractivity contribution in [2.45, 2.75) is 32.3 Å². The van der Waals surface area contributed by atoms with E-state index in [4.69, 9.17) is 0 Å². The number of hydrogen-bond acceptors (Lipinski definition) is 6. The largest absolute Gasteiger partial charge is 0.507 e. The number of ketones is 2. The Morgan fingerprint density at radius 1 is 1.00 bits per heavy atom. The molecule has 2 aromatic carbocycles. The molecule has 4 rings (SSSR count). The third-order valence-corrected chi connectivity index (χ3v) is 5.52. The molecule has 0 unspecified atom stereocenters. The van der Waals surface area contributed by atoms with Gasteiger partial charge in [-0.3, -0.25) is 9.59 Å². The van der Waals surface area contributed by atoms with Gasteiger partial charge < -0.3 is 20.4 Å². The molecule has 0 bridgehead atoms. The molecule has 2 atom stereocenters. The van der Waals surface area contributed by atoms with Gasteiger partial charge in [0.15, 0.2) is 5.78 Å². The number of phenolic OH excluding ortho intramolecular Hbond substituents is 3. The van der Waals surface area contributed by atoms with Gasteiger partial charge in [-0.2, -0.15) is 0 Å². The van der Waals surface area contributed by atoms with E-state index < -0.39 is 23.4 Å². The van der Waals surface area contributed by atoms with E-state index in [2.05, 4.69) is 0 Å². The first kappa shape index (κ1) is 16.6. The van der Waals surface area contributed by atoms with E-state index in [-0.39, 0.29) is 45.2 Å². The summed E-state index contributed by atoms with van der Waals surface area (Å²) in [6.07, 6.45) is 0.550. The zero-order chi connectivity index (χ0) is 18.7. The Kier molecular flexibility index (Phi) is 3.56. The number of rotatable bonds is 1. The van der Waals surface area contributed by atoms with E-state index in [1.165, 1.54) is 18.2 Å². The summed E-state index contributed by atoms with van der Waals surface area (Å²) < 4.78 is 0. The van der Waals surface area contributed by atoms with Crippen molar-refractivity contribution in [3.63, 3.8) is 0 Å². The van der Waals surface area contributed by atoms with Crippen molar-refractivity contribution >= 4 is 11.6 Å². The van der Waals surface area contributed by atoms with E-state index >= 15 is 0 Å². The number of aromatic hydroxyl groups is 3. The van der Waals surface area contributed by atoms with Crippen molar-refractivity contribution in [2.24, 2.45) is 5.92 Å². The van der Waals surface area contributed by atoms with Crippen molar-refractivity contribution in [3.8, 4) is 17.2 Å². The van der Waals surface area contributed by atoms with Crippen molar-refractivity contribution < 1.29 is 30.0 Å². The van der Waals surface area contributed by atoms with Crippen LogP contribution in [0.25, 0.3) is 0 Å². The Bertz CT molecular complexity index is 975. The van der Waals surface area contributed by atoms with Gasteiger partial charge in [0.25, 0.3) is 0 Å². The Morgan fingerprint density at radius 2 is 1.69 bits per heavy atom. The Morgan fingerprint density at radius 3 is 2.38 bits per heavy atom. The van der Waals surface area contributed by atoms with Crippen LogP contribution in [0.3, 0.4) is 0 Å². The summed E-state index contributed by atoms with van der Waals surface area (Å²) in [5.74, 6) is -2.48. The Balaban J connectivity index is 2.05. The smallest absolute Gasteiger partial charge is 0.202 e. The second kappa shape index (κ2) is 5.57. The lowest BCUT2D eigenvalue weighted by atomic mass is 9.74. The third-order valence-electron chi connectivity index (χ3n) is 5.52. The highest BCUT2D eigenvalue weighted by Crippen LogP contribution is 2.50. The van der Waals surface area contributed by atoms with Crippen LogP contribution in [0.1, 0.15) is 68.8 Å². The van der Waals surface area contributed by atoms with E-state index in [0.717, 1.165) is 6.42 Å². The van der Waals surface area contributed by atoms with Crippen LogP contribution in [0.15, 0.2) is 18.2 Å². The zero-order valence-electron chi connectivity index (χ0n) is 14.1. The first-order valence-electron chi connectivity index (χ1n) is 8.56. The maximum Gasteiger partial charge on any atom is 0.202 e. The predicted octanol–water partition coefficient (Wildman–Crippen LogP) is 2.58. The van der Waals surface area contributed by atoms with E-state index in [1.54, 1.807) is 0 Å². The standard InChI is InChI=1S/C20H18O6/c1-2-8-6-10-14(12(22)7-8)20(26)16-15(18(10)24)17(23)9-4-3-5-11(21)13(9)19(16)25/h3-5,8,12,21-22,24,26H,2,6-7H2,1H3/t8-,12-/m1/s1. The lowest BCUT2D eigenvalue weighted by molar-refractivity contribution is 0.0966. The zero-order valence-corrected chi connectivity index (χ0v) is 14.1. The van der Waals surface area contributed by atoms with Crippen LogP contribution in [-0.4, -0.2) is 32.0 Å². The highest BCUT2D eigenvalue weighted by molar-refractivity contribution is 6.31. The fourth-order valence-electron chi connectivity index (χ4n) is 4.14. The van der Waals surface area contributed by atoms with Crippen LogP contribution in [0.5, 0.6) is 17.2 Å². The van der Waals surface area contributed by atoms with Crippen molar-refractivity contribution in [3.05, 3.63) is 51.6 Å². The van der Waals surface area contributed by atoms with Crippen molar-refractivity contribution in [1.82, 2.24) is 0 Å². The Labute approximate surface area is 149 Å². The number of fused-ring (bicyclic) bond motifs is 3. The lowest BCUT2D eigenvalue weighted by Crippen LogP contribution is -2.26. The van der Waals surface area contributed by atoms with Crippen LogP contribution >= 0.6 is 0 Å². The molecular formula is C20H18O6. The topological polar surface area (TPSA) is 115 Å². The molecule has 0 heterocycles. The number of benzene rings is 2. The second-order valence-electron chi connectivity index (χ2n) is 6.93. The van der Waals surface area contributed by atoms with E-state index in [1.807, 2.05) is 6.92 Å². The van der Waals surface area contributed by atoms with Crippen molar-refractivity contribution in [2.75, 3.05) is 0 Å². The molecule has 0 radical (unpaired) electrons. The maximum absolute atomic E-state index is 12.9. The molecule has 2 aliphatic rings. The number of carbonyl (C=O) groups is 2. The molecule has 2 aliphatic carbocycles. The molecule has 0 saturated heterocycles. The molecule has 26 heavy (non-hydrogen) atoms. The van der Waals surface area contributed by atoms with Crippen LogP contribution in [0.2, 0.25) is 0 Å². The fourth-order valence-corrected chi connectivity index (χ4v) is 4.14. The minimum atomic E-state index is -1.03. The van der Waals surface area contributed by atoms with Gasteiger partial charge in [0, 0.05) is 16.7 Å². The first-order chi connectivity index (χ1) is 12.4. The van der Waals surface area contributed by atoms with Gasteiger partial charge >= 0.3 is 0 Å². The molecule has 0 aromatic heterocycles. The SMILES string of the molecule is CC[C@@H]1Cc2c(O)c3c(c(O)c2[C@H](O)C1)C(=O)c1c(O)cccc1C3=O. The van der Waals surface area contributed by atoms with Crippen LogP contribution in [-0.2, 0) is 6.42 Å². The molecule has 0 fully saturated rings. The maximum atomic E-state index is 12.9. The molecule has 0 aliphatic heterocycles. The van der Waals surface area contributed by atoms with Gasteiger partial charge in [-0.15, -0.1) is 0 Å². The molecule has 0 spiro atoms. The Hall–Kier alpha value is -2.86. The van der Waals surface area contributed by atoms with Gasteiger partial charge in [0.1, 0.15) is 17.2 Å². The number of carbonyl (C=O) groups excluding carboxylic acids is 2. The summed E-state index contributed by atoms with van der Waals surface area (Å²) in [5, 5.41) is 42.0. The van der Waals surface area contributed by atoms with Gasteiger partial charge in [-0.25, -0.2) is 0 Å². The molecule has 2 aromatic rings. The average molecular weight is 354 g/mol. The molecular weight excluding hydrogens is 336 g/mol. The van der Waals surface area contributed by atoms with Crippen LogP contribution in [0, 0.1) is 5.92 Å². The molecule has 6 heteroatoms. The molecule has 0 saturated carbocycles. The fraction of sp³-hybridized carbons (Fsp3) is 0.300. The summed E-state index contributed by atoms with van der Waals surface area (Å²) in [5.41, 5.74) is -0.401. The summed E-state index contributed by atoms with van der Waals surface area (Å²) in [7, 11) is 0. The highest BCUT2D eigenvalue weighted by Gasteiger charge is 2.41. The number of aliphatic hydroxyl groups excluding tert-OH is 1. The van der Waals surface area contributed by atoms with E-state index in [0.29, 0.717) is 18.4 Å². The molecule has 6 nitrogen and oxygen atoms in total. The molecule has 134 valence electrons. The van der Waals surface area contributed by atoms with Gasteiger partial charge in [0.05, 0.1) is 22.8 Å². The second-order valence-corrected chi connectivity index (χ2v) is 6.93. The normalized spacial score (nSPS) is 21.2. The quantitative estimate of drug-likeness (QED) is 0.499. The minimum absolute atomic E-state index is 0.0134. The van der Waals surface area contributed by atoms with Crippen LogP contribution < -0.4 is 0 Å². The minimum Gasteiger partial charge on any atom is -0.507 e. The van der Waals surface area contributed by atoms with Gasteiger partial charge in [-0.1, -0.05) is 25.5 Å². The summed E-state index contributed by atoms with van der Waals surface area (Å²) in [6.45, 7) is 1.96. The number of hydrogen-bond donors (Lipinski definition) is 4. The molecule has 4 N–H and O–H groups in total. The lowest BCUT2D eigenvalue weighted by Gasteiger charge is -2.32. The van der Waals surface area contributed by atoms with Gasteiger partial charge in [-0.05, 0) is 24.8 Å². The summed E-state index contributed by atoms with van der Waals surface area (Å²) in [4.78, 5) is 25.8. The monoisotopic (exact) mass is 354 g/mol. The van der Waals surface area contributed by atoms with E-state index in [9.17, 15) is 30.0 Å². The summed E-state index contributed by atoms with van der Waals surface area (Å²) in [6, 6.07) is 4.12. The number of phenols is 3. The van der Waals surface area contributed by atoms with Gasteiger partial charge in [0.2, 0.25) is 5.78 Å².